The second-order valence-corrected chi connectivity index (χ2v) is 5.35. The third kappa shape index (κ3) is 2.60. The van der Waals surface area contributed by atoms with Crippen LogP contribution in [0.5, 0.6) is 0 Å². The maximum atomic E-state index is 10.9. The summed E-state index contributed by atoms with van der Waals surface area (Å²) in [6.45, 7) is 5.36. The van der Waals surface area contributed by atoms with Crippen LogP contribution in [-0.2, 0) is 0 Å². The second-order valence-electron chi connectivity index (χ2n) is 4.23. The van der Waals surface area contributed by atoms with E-state index in [1.807, 2.05) is 37.1 Å². The van der Waals surface area contributed by atoms with E-state index in [0.29, 0.717) is 0 Å². The fourth-order valence-electron chi connectivity index (χ4n) is 2.00. The van der Waals surface area contributed by atoms with Gasteiger partial charge < -0.3 is 4.90 Å². The largest absolute Gasteiger partial charge is 0.342 e. The molecule has 1 atom stereocenters. The van der Waals surface area contributed by atoms with Gasteiger partial charge in [-0.1, -0.05) is 24.4 Å². The number of likely N-dealkylation sites (N-methyl/N-ethyl adjacent to an activating group) is 1. The zero-order valence-corrected chi connectivity index (χ0v) is 12.1. The zero-order chi connectivity index (χ0) is 14.7. The van der Waals surface area contributed by atoms with Gasteiger partial charge in [0.2, 0.25) is 0 Å². The van der Waals surface area contributed by atoms with Gasteiger partial charge in [-0.15, -0.1) is 0 Å². The maximum absolute atomic E-state index is 10.9. The summed E-state index contributed by atoms with van der Waals surface area (Å²) in [5, 5.41) is 10.9. The van der Waals surface area contributed by atoms with Gasteiger partial charge in [0.15, 0.2) is 0 Å². The lowest BCUT2D eigenvalue weighted by atomic mass is 10.2. The standard InChI is InChI=1S/C14H15N3O2S/c1-4-10(9-11(5-2)17(18)19)14-16(3)13-12(20-14)7-6-8-15-13/h4-9,14H,2H2,1,3H3/b10-4+,11-9+. The first-order valence-electron chi connectivity index (χ1n) is 6.07. The molecule has 1 aromatic heterocycles. The SMILES string of the molecule is C=C/C(=C\C(=C/C)C1Sc2cccnc2N1C)[N+](=O)[O-]. The minimum Gasteiger partial charge on any atom is -0.342 e. The van der Waals surface area contributed by atoms with Gasteiger partial charge >= 0.3 is 0 Å². The third-order valence-electron chi connectivity index (χ3n) is 3.03. The van der Waals surface area contributed by atoms with E-state index in [-0.39, 0.29) is 11.1 Å². The van der Waals surface area contributed by atoms with Crippen LogP contribution in [0.1, 0.15) is 6.92 Å². The lowest BCUT2D eigenvalue weighted by Gasteiger charge is -2.21. The van der Waals surface area contributed by atoms with Crippen molar-refractivity contribution in [3.8, 4) is 0 Å². The van der Waals surface area contributed by atoms with Gasteiger partial charge in [0.25, 0.3) is 5.70 Å². The van der Waals surface area contributed by atoms with E-state index < -0.39 is 4.92 Å². The van der Waals surface area contributed by atoms with E-state index in [0.717, 1.165) is 16.3 Å². The normalized spacial score (nSPS) is 18.9. The first-order chi connectivity index (χ1) is 9.58. The molecular weight excluding hydrogens is 274 g/mol. The first kappa shape index (κ1) is 14.3. The molecule has 0 fully saturated rings. The second kappa shape index (κ2) is 5.92. The molecule has 0 N–H and O–H groups in total. The molecule has 0 aliphatic carbocycles. The molecule has 0 aromatic carbocycles. The van der Waals surface area contributed by atoms with Crippen molar-refractivity contribution in [3.63, 3.8) is 0 Å². The minimum atomic E-state index is -0.429. The summed E-state index contributed by atoms with van der Waals surface area (Å²) in [6.07, 6.45) is 6.45. The van der Waals surface area contributed by atoms with Crippen LogP contribution in [0, 0.1) is 10.1 Å². The van der Waals surface area contributed by atoms with Crippen molar-refractivity contribution in [1.29, 1.82) is 0 Å². The van der Waals surface area contributed by atoms with Gasteiger partial charge in [0.1, 0.15) is 11.2 Å². The fraction of sp³-hybridized carbons (Fsp3) is 0.214. The molecule has 0 bridgehead atoms. The molecule has 5 nitrogen and oxygen atoms in total. The number of allylic oxidation sites excluding steroid dienone is 2. The first-order valence-corrected chi connectivity index (χ1v) is 6.95. The number of pyridine rings is 1. The molecule has 1 unspecified atom stereocenters. The summed E-state index contributed by atoms with van der Waals surface area (Å²) in [5.41, 5.74) is 0.859. The van der Waals surface area contributed by atoms with Crippen molar-refractivity contribution in [1.82, 2.24) is 4.98 Å². The van der Waals surface area contributed by atoms with E-state index in [2.05, 4.69) is 11.6 Å². The Bertz CT molecular complexity index is 610. The molecule has 6 heteroatoms. The Kier molecular flexibility index (Phi) is 4.24. The van der Waals surface area contributed by atoms with Crippen LogP contribution in [-0.4, -0.2) is 22.3 Å². The van der Waals surface area contributed by atoms with E-state index >= 15 is 0 Å². The summed E-state index contributed by atoms with van der Waals surface area (Å²) in [7, 11) is 1.94. The highest BCUT2D eigenvalue weighted by atomic mass is 32.2. The molecule has 1 aromatic rings. The van der Waals surface area contributed by atoms with Crippen molar-refractivity contribution in [2.75, 3.05) is 11.9 Å². The topological polar surface area (TPSA) is 59.3 Å². The Hall–Kier alpha value is -2.08. The summed E-state index contributed by atoms with van der Waals surface area (Å²) in [6, 6.07) is 3.89. The van der Waals surface area contributed by atoms with Gasteiger partial charge in [-0.3, -0.25) is 10.1 Å². The number of hydrogen-bond donors (Lipinski definition) is 0. The Morgan fingerprint density at radius 1 is 1.65 bits per heavy atom. The molecule has 20 heavy (non-hydrogen) atoms. The van der Waals surface area contributed by atoms with Gasteiger partial charge in [0, 0.05) is 25.4 Å². The van der Waals surface area contributed by atoms with Crippen LogP contribution in [0.3, 0.4) is 0 Å². The van der Waals surface area contributed by atoms with Gasteiger partial charge in [-0.25, -0.2) is 4.98 Å². The predicted molar refractivity (Wildman–Crippen MR) is 81.3 cm³/mol. The van der Waals surface area contributed by atoms with E-state index in [9.17, 15) is 10.1 Å². The monoisotopic (exact) mass is 289 g/mol. The Balaban J connectivity index is 2.33. The molecule has 1 aliphatic rings. The van der Waals surface area contributed by atoms with Gasteiger partial charge in [0.05, 0.1) is 9.82 Å². The number of anilines is 1. The summed E-state index contributed by atoms with van der Waals surface area (Å²) >= 11 is 1.63. The molecule has 0 spiro atoms. The number of nitrogens with zero attached hydrogens (tertiary/aromatic N) is 3. The summed E-state index contributed by atoms with van der Waals surface area (Å²) in [4.78, 5) is 17.9. The van der Waals surface area contributed by atoms with Crippen molar-refractivity contribution < 1.29 is 4.92 Å². The van der Waals surface area contributed by atoms with Crippen LogP contribution >= 0.6 is 11.8 Å². The number of aromatic nitrogens is 1. The van der Waals surface area contributed by atoms with E-state index in [1.54, 1.807) is 24.0 Å². The van der Waals surface area contributed by atoms with Gasteiger partial charge in [-0.2, -0.15) is 0 Å². The van der Waals surface area contributed by atoms with Crippen LogP contribution in [0.15, 0.2) is 59.3 Å². The lowest BCUT2D eigenvalue weighted by Crippen LogP contribution is -2.26. The number of thioether (sulfide) groups is 1. The molecule has 104 valence electrons. The quantitative estimate of drug-likeness (QED) is 0.484. The fourth-order valence-corrected chi connectivity index (χ4v) is 3.29. The summed E-state index contributed by atoms with van der Waals surface area (Å²) in [5.74, 6) is 0.900. The number of hydrogen-bond acceptors (Lipinski definition) is 5. The van der Waals surface area contributed by atoms with Gasteiger partial charge in [-0.05, 0) is 24.6 Å². The Morgan fingerprint density at radius 3 is 2.95 bits per heavy atom. The van der Waals surface area contributed by atoms with Crippen molar-refractivity contribution >= 4 is 17.6 Å². The van der Waals surface area contributed by atoms with E-state index in [1.165, 1.54) is 6.08 Å². The number of rotatable bonds is 4. The van der Waals surface area contributed by atoms with Crippen molar-refractivity contribution in [2.24, 2.45) is 0 Å². The lowest BCUT2D eigenvalue weighted by molar-refractivity contribution is -0.419. The highest BCUT2D eigenvalue weighted by molar-refractivity contribution is 8.00. The molecule has 0 saturated heterocycles. The van der Waals surface area contributed by atoms with Crippen LogP contribution in [0.25, 0.3) is 0 Å². The van der Waals surface area contributed by atoms with Crippen LogP contribution < -0.4 is 4.90 Å². The zero-order valence-electron chi connectivity index (χ0n) is 11.3. The van der Waals surface area contributed by atoms with Crippen molar-refractivity contribution in [2.45, 2.75) is 17.2 Å². The molecular formula is C14H15N3O2S. The van der Waals surface area contributed by atoms with Crippen LogP contribution in [0.4, 0.5) is 5.82 Å². The minimum absolute atomic E-state index is 0.00369. The smallest absolute Gasteiger partial charge is 0.269 e. The highest BCUT2D eigenvalue weighted by Crippen LogP contribution is 2.43. The predicted octanol–water partition coefficient (Wildman–Crippen LogP) is 3.24. The molecule has 1 aliphatic heterocycles. The third-order valence-corrected chi connectivity index (χ3v) is 4.41. The highest BCUT2D eigenvalue weighted by Gasteiger charge is 2.30. The van der Waals surface area contributed by atoms with E-state index in [4.69, 9.17) is 0 Å². The Morgan fingerprint density at radius 2 is 2.40 bits per heavy atom. The average Bonchev–Trinajstić information content (AvgIpc) is 2.78. The molecule has 0 saturated carbocycles. The average molecular weight is 289 g/mol. The molecule has 2 rings (SSSR count). The summed E-state index contributed by atoms with van der Waals surface area (Å²) < 4.78 is 0. The van der Waals surface area contributed by atoms with Crippen LogP contribution in [0.2, 0.25) is 0 Å². The molecule has 0 amide bonds. The maximum Gasteiger partial charge on any atom is 0.269 e. The Labute approximate surface area is 121 Å². The molecule has 0 radical (unpaired) electrons. The van der Waals surface area contributed by atoms with Crippen molar-refractivity contribution in [3.05, 3.63) is 64.5 Å². The molecule has 2 heterocycles. The number of nitro groups is 1. The number of fused-ring (bicyclic) bond motifs is 1.